The normalized spacial score (nSPS) is 14.3. The first-order valence-corrected chi connectivity index (χ1v) is 11.2. The van der Waals surface area contributed by atoms with E-state index in [0.717, 1.165) is 19.3 Å². The van der Waals surface area contributed by atoms with Crippen molar-refractivity contribution in [3.63, 3.8) is 0 Å². The SMILES string of the molecule is CC(C)(C)Oc1ccc(C(=O)Nc2ccc3oc(=O)n(CC(=O)N4CCCCC4)c3c2)cc1. The van der Waals surface area contributed by atoms with Gasteiger partial charge in [0.2, 0.25) is 5.91 Å². The van der Waals surface area contributed by atoms with E-state index in [2.05, 4.69) is 5.32 Å². The average Bonchev–Trinajstić information content (AvgIpc) is 3.08. The van der Waals surface area contributed by atoms with Crippen LogP contribution in [0.25, 0.3) is 11.1 Å². The number of ether oxygens (including phenoxy) is 1. The van der Waals surface area contributed by atoms with Crippen LogP contribution in [-0.4, -0.2) is 40.0 Å². The summed E-state index contributed by atoms with van der Waals surface area (Å²) in [6, 6.07) is 11.8. The van der Waals surface area contributed by atoms with Gasteiger partial charge in [0, 0.05) is 24.3 Å². The third kappa shape index (κ3) is 5.45. The highest BCUT2D eigenvalue weighted by molar-refractivity contribution is 6.05. The van der Waals surface area contributed by atoms with Crippen molar-refractivity contribution in [1.82, 2.24) is 9.47 Å². The van der Waals surface area contributed by atoms with Gasteiger partial charge in [0.05, 0.1) is 5.52 Å². The van der Waals surface area contributed by atoms with Crippen molar-refractivity contribution in [2.75, 3.05) is 18.4 Å². The van der Waals surface area contributed by atoms with Gasteiger partial charge in [-0.25, -0.2) is 4.79 Å². The number of likely N-dealkylation sites (tertiary alicyclic amines) is 1. The summed E-state index contributed by atoms with van der Waals surface area (Å²) < 4.78 is 12.4. The first kappa shape index (κ1) is 22.6. The van der Waals surface area contributed by atoms with Crippen molar-refractivity contribution >= 4 is 28.6 Å². The molecule has 4 rings (SSSR count). The molecule has 1 N–H and O–H groups in total. The number of hydrogen-bond donors (Lipinski definition) is 1. The molecule has 8 heteroatoms. The van der Waals surface area contributed by atoms with Crippen molar-refractivity contribution in [3.05, 3.63) is 58.6 Å². The number of oxazole rings is 1. The minimum absolute atomic E-state index is 0.0848. The fraction of sp³-hybridized carbons (Fsp3) is 0.400. The van der Waals surface area contributed by atoms with Gasteiger partial charge in [-0.05, 0) is 82.5 Å². The molecule has 2 heterocycles. The summed E-state index contributed by atoms with van der Waals surface area (Å²) in [5.41, 5.74) is 1.49. The molecule has 0 aliphatic carbocycles. The minimum atomic E-state index is -0.590. The van der Waals surface area contributed by atoms with E-state index >= 15 is 0 Å². The fourth-order valence-electron chi connectivity index (χ4n) is 3.90. The third-order valence-electron chi connectivity index (χ3n) is 5.47. The van der Waals surface area contributed by atoms with Crippen LogP contribution < -0.4 is 15.8 Å². The van der Waals surface area contributed by atoms with Gasteiger partial charge in [-0.1, -0.05) is 0 Å². The zero-order valence-electron chi connectivity index (χ0n) is 19.2. The van der Waals surface area contributed by atoms with Crippen LogP contribution in [0.2, 0.25) is 0 Å². The van der Waals surface area contributed by atoms with Crippen LogP contribution in [0.4, 0.5) is 5.69 Å². The van der Waals surface area contributed by atoms with E-state index in [1.807, 2.05) is 20.8 Å². The molecule has 1 saturated heterocycles. The predicted octanol–water partition coefficient (Wildman–Crippen LogP) is 4.04. The molecular weight excluding hydrogens is 422 g/mol. The van der Waals surface area contributed by atoms with Crippen LogP contribution in [0.5, 0.6) is 5.75 Å². The van der Waals surface area contributed by atoms with Crippen LogP contribution in [0.3, 0.4) is 0 Å². The number of fused-ring (bicyclic) bond motifs is 1. The smallest absolute Gasteiger partial charge is 0.420 e. The van der Waals surface area contributed by atoms with E-state index in [-0.39, 0.29) is 24.0 Å². The van der Waals surface area contributed by atoms with Gasteiger partial charge in [0.1, 0.15) is 17.9 Å². The number of carbonyl (C=O) groups is 2. The summed E-state index contributed by atoms with van der Waals surface area (Å²) in [5.74, 6) is -0.306. The second-order valence-corrected chi connectivity index (χ2v) is 9.27. The molecule has 0 atom stereocenters. The highest BCUT2D eigenvalue weighted by Gasteiger charge is 2.20. The number of nitrogens with zero attached hydrogens (tertiary/aromatic N) is 2. The number of benzene rings is 2. The van der Waals surface area contributed by atoms with Gasteiger partial charge in [-0.2, -0.15) is 0 Å². The number of anilines is 1. The molecular formula is C25H29N3O5. The Morgan fingerprint density at radius 2 is 1.73 bits per heavy atom. The second kappa shape index (κ2) is 9.13. The van der Waals surface area contributed by atoms with E-state index in [1.54, 1.807) is 47.4 Å². The van der Waals surface area contributed by atoms with E-state index < -0.39 is 5.76 Å². The number of nitrogens with one attached hydrogen (secondary N) is 1. The summed E-state index contributed by atoms with van der Waals surface area (Å²) in [4.78, 5) is 39.5. The Kier molecular flexibility index (Phi) is 6.26. The van der Waals surface area contributed by atoms with Crippen LogP contribution in [0.1, 0.15) is 50.4 Å². The molecule has 33 heavy (non-hydrogen) atoms. The number of hydrogen-bond acceptors (Lipinski definition) is 5. The Labute approximate surface area is 192 Å². The van der Waals surface area contributed by atoms with Crippen molar-refractivity contribution in [2.45, 2.75) is 52.2 Å². The van der Waals surface area contributed by atoms with Crippen LogP contribution in [-0.2, 0) is 11.3 Å². The topological polar surface area (TPSA) is 93.8 Å². The Bertz CT molecular complexity index is 1210. The molecule has 8 nitrogen and oxygen atoms in total. The molecule has 0 saturated carbocycles. The van der Waals surface area contributed by atoms with Gasteiger partial charge >= 0.3 is 5.76 Å². The maximum Gasteiger partial charge on any atom is 0.420 e. The molecule has 1 fully saturated rings. The van der Waals surface area contributed by atoms with Crippen molar-refractivity contribution in [1.29, 1.82) is 0 Å². The molecule has 3 aromatic rings. The summed E-state index contributed by atoms with van der Waals surface area (Å²) in [7, 11) is 0. The average molecular weight is 452 g/mol. The minimum Gasteiger partial charge on any atom is -0.488 e. The maximum absolute atomic E-state index is 12.7. The van der Waals surface area contributed by atoms with Gasteiger partial charge in [0.25, 0.3) is 5.91 Å². The maximum atomic E-state index is 12.7. The first-order chi connectivity index (χ1) is 15.7. The Morgan fingerprint density at radius 3 is 2.39 bits per heavy atom. The molecule has 2 aromatic carbocycles. The van der Waals surface area contributed by atoms with Gasteiger partial charge in [0.15, 0.2) is 5.58 Å². The molecule has 1 aliphatic rings. The quantitative estimate of drug-likeness (QED) is 0.632. The third-order valence-corrected chi connectivity index (χ3v) is 5.47. The lowest BCUT2D eigenvalue weighted by Gasteiger charge is -2.26. The van der Waals surface area contributed by atoms with E-state index in [1.165, 1.54) is 4.57 Å². The van der Waals surface area contributed by atoms with Crippen molar-refractivity contribution in [3.8, 4) is 5.75 Å². The highest BCUT2D eigenvalue weighted by Crippen LogP contribution is 2.22. The monoisotopic (exact) mass is 451 g/mol. The molecule has 0 spiro atoms. The zero-order chi connectivity index (χ0) is 23.6. The van der Waals surface area contributed by atoms with E-state index in [0.29, 0.717) is 41.2 Å². The summed E-state index contributed by atoms with van der Waals surface area (Å²) in [6.45, 7) is 7.21. The van der Waals surface area contributed by atoms with Crippen molar-refractivity contribution in [2.24, 2.45) is 0 Å². The van der Waals surface area contributed by atoms with Crippen molar-refractivity contribution < 1.29 is 18.7 Å². The zero-order valence-corrected chi connectivity index (χ0v) is 19.2. The Hall–Kier alpha value is -3.55. The van der Waals surface area contributed by atoms with Gasteiger partial charge in [-0.3, -0.25) is 14.2 Å². The number of carbonyl (C=O) groups excluding carboxylic acids is 2. The van der Waals surface area contributed by atoms with Gasteiger partial charge < -0.3 is 19.4 Å². The largest absolute Gasteiger partial charge is 0.488 e. The fourth-order valence-corrected chi connectivity index (χ4v) is 3.90. The van der Waals surface area contributed by atoms with Crippen LogP contribution in [0.15, 0.2) is 51.7 Å². The molecule has 1 aliphatic heterocycles. The van der Waals surface area contributed by atoms with Crippen LogP contribution >= 0.6 is 0 Å². The van der Waals surface area contributed by atoms with Gasteiger partial charge in [-0.15, -0.1) is 0 Å². The van der Waals surface area contributed by atoms with E-state index in [9.17, 15) is 14.4 Å². The summed E-state index contributed by atoms with van der Waals surface area (Å²) in [6.07, 6.45) is 3.08. The first-order valence-electron chi connectivity index (χ1n) is 11.2. The Balaban J connectivity index is 1.50. The predicted molar refractivity (Wildman–Crippen MR) is 126 cm³/mol. The number of aromatic nitrogens is 1. The van der Waals surface area contributed by atoms with Crippen LogP contribution in [0, 0.1) is 0 Å². The molecule has 2 amide bonds. The molecule has 0 radical (unpaired) electrons. The molecule has 0 bridgehead atoms. The van der Waals surface area contributed by atoms with E-state index in [4.69, 9.17) is 9.15 Å². The molecule has 174 valence electrons. The second-order valence-electron chi connectivity index (χ2n) is 9.27. The number of piperidine rings is 1. The Morgan fingerprint density at radius 1 is 1.03 bits per heavy atom. The lowest BCUT2D eigenvalue weighted by molar-refractivity contribution is -0.132. The molecule has 1 aromatic heterocycles. The summed E-state index contributed by atoms with van der Waals surface area (Å²) in [5, 5.41) is 2.84. The number of amides is 2. The lowest BCUT2D eigenvalue weighted by Crippen LogP contribution is -2.39. The summed E-state index contributed by atoms with van der Waals surface area (Å²) >= 11 is 0. The molecule has 0 unspecified atom stereocenters. The highest BCUT2D eigenvalue weighted by atomic mass is 16.5. The lowest BCUT2D eigenvalue weighted by atomic mass is 10.1. The standard InChI is InChI=1S/C25H29N3O5/c1-25(2,3)33-19-10-7-17(8-11-19)23(30)26-18-9-12-21-20(15-18)28(24(31)32-21)16-22(29)27-13-5-4-6-14-27/h7-12,15H,4-6,13-14,16H2,1-3H3,(H,26,30). The number of rotatable bonds is 5.